The number of rotatable bonds is 8. The summed E-state index contributed by atoms with van der Waals surface area (Å²) in [6.07, 6.45) is 0.442. The van der Waals surface area contributed by atoms with E-state index in [1.54, 1.807) is 48.9 Å². The van der Waals surface area contributed by atoms with Gasteiger partial charge in [0.1, 0.15) is 6.04 Å². The highest BCUT2D eigenvalue weighted by Crippen LogP contribution is 2.33. The van der Waals surface area contributed by atoms with E-state index in [0.717, 1.165) is 5.56 Å². The Hall–Kier alpha value is -2.54. The number of carbonyl (C=O) groups is 2. The van der Waals surface area contributed by atoms with E-state index in [9.17, 15) is 9.59 Å². The van der Waals surface area contributed by atoms with Crippen molar-refractivity contribution in [3.8, 4) is 16.9 Å². The summed E-state index contributed by atoms with van der Waals surface area (Å²) in [5.41, 5.74) is 2.82. The minimum absolute atomic E-state index is 0.172. The number of hydrogen-bond donors (Lipinski definition) is 1. The summed E-state index contributed by atoms with van der Waals surface area (Å²) in [5, 5.41) is 8.84. The van der Waals surface area contributed by atoms with Crippen molar-refractivity contribution in [2.75, 3.05) is 6.61 Å². The average Bonchev–Trinajstić information content (AvgIpc) is 3.10. The van der Waals surface area contributed by atoms with Crippen LogP contribution in [0.3, 0.4) is 0 Å². The van der Waals surface area contributed by atoms with Crippen molar-refractivity contribution >= 4 is 46.7 Å². The van der Waals surface area contributed by atoms with Gasteiger partial charge in [-0.15, -0.1) is 0 Å². The maximum absolute atomic E-state index is 13.3. The van der Waals surface area contributed by atoms with Gasteiger partial charge in [-0.2, -0.15) is 5.10 Å². The van der Waals surface area contributed by atoms with Crippen LogP contribution in [0.4, 0.5) is 0 Å². The number of nitrogens with zero attached hydrogens (tertiary/aromatic N) is 2. The summed E-state index contributed by atoms with van der Waals surface area (Å²) < 4.78 is 6.76. The number of benzene rings is 2. The Morgan fingerprint density at radius 1 is 1.06 bits per heavy atom. The third kappa shape index (κ3) is 5.93. The zero-order valence-corrected chi connectivity index (χ0v) is 21.6. The van der Waals surface area contributed by atoms with E-state index in [1.807, 2.05) is 26.0 Å². The molecule has 0 bridgehead atoms. The minimum Gasteiger partial charge on any atom is -0.464 e. The number of carbonyl (C=O) groups excluding carboxylic acids is 2. The predicted octanol–water partition coefficient (Wildman–Crippen LogP) is 6.52. The molecule has 3 aromatic rings. The van der Waals surface area contributed by atoms with E-state index in [1.165, 1.54) is 0 Å². The lowest BCUT2D eigenvalue weighted by atomic mass is 10.0. The van der Waals surface area contributed by atoms with E-state index in [4.69, 9.17) is 39.5 Å². The molecule has 180 valence electrons. The molecule has 1 aromatic heterocycles. The smallest absolute Gasteiger partial charge is 0.328 e. The van der Waals surface area contributed by atoms with Gasteiger partial charge in [0.25, 0.3) is 5.91 Å². The van der Waals surface area contributed by atoms with Crippen molar-refractivity contribution in [2.45, 2.75) is 40.2 Å². The Labute approximate surface area is 214 Å². The molecule has 0 saturated heterocycles. The number of hydrogen-bond acceptors (Lipinski definition) is 4. The van der Waals surface area contributed by atoms with Crippen LogP contribution in [0.25, 0.3) is 16.9 Å². The van der Waals surface area contributed by atoms with E-state index in [-0.39, 0.29) is 18.2 Å². The standard InChI is InChI=1S/C25H26Cl3N3O3/c1-5-34-25(33)20(12-14(2)3)29-24(32)22-15(4)23(16-6-8-17(26)9-7-16)31(30-22)21-11-10-18(27)13-19(21)28/h6-11,13-14,20H,5,12H2,1-4H3,(H,29,32). The largest absolute Gasteiger partial charge is 0.464 e. The van der Waals surface area contributed by atoms with Gasteiger partial charge in [-0.1, -0.05) is 60.8 Å². The topological polar surface area (TPSA) is 73.2 Å². The van der Waals surface area contributed by atoms with Crippen LogP contribution in [0.2, 0.25) is 15.1 Å². The second-order valence-electron chi connectivity index (χ2n) is 8.24. The van der Waals surface area contributed by atoms with Crippen molar-refractivity contribution in [1.82, 2.24) is 15.1 Å². The molecule has 0 radical (unpaired) electrons. The number of aromatic nitrogens is 2. The van der Waals surface area contributed by atoms with Gasteiger partial charge in [-0.3, -0.25) is 4.79 Å². The molecule has 1 N–H and O–H groups in total. The number of amides is 1. The van der Waals surface area contributed by atoms with Gasteiger partial charge in [-0.05, 0) is 56.5 Å². The fraction of sp³-hybridized carbons (Fsp3) is 0.320. The maximum Gasteiger partial charge on any atom is 0.328 e. The Morgan fingerprint density at radius 3 is 2.29 bits per heavy atom. The first kappa shape index (κ1) is 26.1. The predicted molar refractivity (Wildman–Crippen MR) is 136 cm³/mol. The Balaban J connectivity index is 2.10. The van der Waals surface area contributed by atoms with E-state index in [0.29, 0.717) is 38.4 Å². The van der Waals surface area contributed by atoms with Gasteiger partial charge in [0, 0.05) is 21.2 Å². The Bertz CT molecular complexity index is 1190. The highest BCUT2D eigenvalue weighted by atomic mass is 35.5. The summed E-state index contributed by atoms with van der Waals surface area (Å²) >= 11 is 18.6. The number of ether oxygens (including phenoxy) is 1. The maximum atomic E-state index is 13.3. The van der Waals surface area contributed by atoms with Crippen molar-refractivity contribution in [2.24, 2.45) is 5.92 Å². The molecule has 1 heterocycles. The molecule has 6 nitrogen and oxygen atoms in total. The third-order valence-corrected chi connectivity index (χ3v) is 5.97. The quantitative estimate of drug-likeness (QED) is 0.342. The molecule has 1 amide bonds. The van der Waals surface area contributed by atoms with Gasteiger partial charge in [0.2, 0.25) is 0 Å². The SMILES string of the molecule is CCOC(=O)C(CC(C)C)NC(=O)c1nn(-c2ccc(Cl)cc2Cl)c(-c2ccc(Cl)cc2)c1C. The molecular formula is C25H26Cl3N3O3. The molecule has 1 unspecified atom stereocenters. The lowest BCUT2D eigenvalue weighted by Gasteiger charge is -2.18. The van der Waals surface area contributed by atoms with Gasteiger partial charge in [0.15, 0.2) is 5.69 Å². The van der Waals surface area contributed by atoms with Crippen molar-refractivity contribution in [1.29, 1.82) is 0 Å². The van der Waals surface area contributed by atoms with Crippen LogP contribution < -0.4 is 5.32 Å². The second-order valence-corrected chi connectivity index (χ2v) is 9.52. The third-order valence-electron chi connectivity index (χ3n) is 5.18. The number of nitrogens with one attached hydrogen (secondary N) is 1. The molecule has 9 heteroatoms. The highest BCUT2D eigenvalue weighted by Gasteiger charge is 2.28. The zero-order valence-electron chi connectivity index (χ0n) is 19.4. The number of esters is 1. The first-order chi connectivity index (χ1) is 16.1. The first-order valence-corrected chi connectivity index (χ1v) is 12.0. The summed E-state index contributed by atoms with van der Waals surface area (Å²) in [7, 11) is 0. The molecule has 1 atom stereocenters. The van der Waals surface area contributed by atoms with Crippen LogP contribution in [0, 0.1) is 12.8 Å². The van der Waals surface area contributed by atoms with E-state index < -0.39 is 17.9 Å². The van der Waals surface area contributed by atoms with Gasteiger partial charge < -0.3 is 10.1 Å². The molecule has 0 aliphatic rings. The molecule has 0 spiro atoms. The van der Waals surface area contributed by atoms with E-state index in [2.05, 4.69) is 10.4 Å². The normalized spacial score (nSPS) is 12.0. The van der Waals surface area contributed by atoms with Crippen LogP contribution in [-0.4, -0.2) is 34.3 Å². The number of halogens is 3. The molecule has 0 fully saturated rings. The summed E-state index contributed by atoms with van der Waals surface area (Å²) in [6.45, 7) is 7.70. The van der Waals surface area contributed by atoms with Crippen LogP contribution in [0.1, 0.15) is 43.2 Å². The van der Waals surface area contributed by atoms with Crippen molar-refractivity contribution in [3.05, 3.63) is 68.8 Å². The zero-order chi connectivity index (χ0) is 25.0. The Morgan fingerprint density at radius 2 is 1.71 bits per heavy atom. The lowest BCUT2D eigenvalue weighted by molar-refractivity contribution is -0.145. The second kappa shape index (κ2) is 11.3. The highest BCUT2D eigenvalue weighted by molar-refractivity contribution is 6.35. The van der Waals surface area contributed by atoms with Crippen molar-refractivity contribution in [3.63, 3.8) is 0 Å². The van der Waals surface area contributed by atoms with Crippen molar-refractivity contribution < 1.29 is 14.3 Å². The molecule has 0 aliphatic heterocycles. The monoisotopic (exact) mass is 521 g/mol. The van der Waals surface area contributed by atoms with E-state index >= 15 is 0 Å². The summed E-state index contributed by atoms with van der Waals surface area (Å²) in [5.74, 6) is -0.776. The molecule has 3 rings (SSSR count). The first-order valence-electron chi connectivity index (χ1n) is 10.9. The van der Waals surface area contributed by atoms with Gasteiger partial charge >= 0.3 is 5.97 Å². The van der Waals surface area contributed by atoms with Crippen LogP contribution in [-0.2, 0) is 9.53 Å². The molecule has 2 aromatic carbocycles. The molecular weight excluding hydrogens is 497 g/mol. The fourth-order valence-electron chi connectivity index (χ4n) is 3.64. The molecule has 0 aliphatic carbocycles. The molecule has 34 heavy (non-hydrogen) atoms. The Kier molecular flexibility index (Phi) is 8.63. The van der Waals surface area contributed by atoms with Crippen LogP contribution >= 0.6 is 34.8 Å². The lowest BCUT2D eigenvalue weighted by Crippen LogP contribution is -2.43. The minimum atomic E-state index is -0.782. The summed E-state index contributed by atoms with van der Waals surface area (Å²) in [4.78, 5) is 25.8. The molecule has 0 saturated carbocycles. The van der Waals surface area contributed by atoms with Gasteiger partial charge in [-0.25, -0.2) is 9.48 Å². The average molecular weight is 523 g/mol. The van der Waals surface area contributed by atoms with Crippen LogP contribution in [0.5, 0.6) is 0 Å². The van der Waals surface area contributed by atoms with Gasteiger partial charge in [0.05, 0.1) is 23.0 Å². The fourth-order valence-corrected chi connectivity index (χ4v) is 4.26. The van der Waals surface area contributed by atoms with Crippen LogP contribution in [0.15, 0.2) is 42.5 Å². The summed E-state index contributed by atoms with van der Waals surface area (Å²) in [6, 6.07) is 11.5.